The number of hydrazine groups is 1. The first-order valence-electron chi connectivity index (χ1n) is 5.81. The van der Waals surface area contributed by atoms with E-state index in [0.717, 1.165) is 20.9 Å². The summed E-state index contributed by atoms with van der Waals surface area (Å²) in [5.41, 5.74) is 5.20. The van der Waals surface area contributed by atoms with E-state index in [9.17, 15) is 4.79 Å². The molecule has 0 aliphatic heterocycles. The average molecular weight is 324 g/mol. The lowest BCUT2D eigenvalue weighted by Gasteiger charge is -2.13. The second-order valence-corrected chi connectivity index (χ2v) is 4.85. The highest BCUT2D eigenvalue weighted by Gasteiger charge is 2.18. The fourth-order valence-electron chi connectivity index (χ4n) is 1.92. The summed E-state index contributed by atoms with van der Waals surface area (Å²) in [6.45, 7) is 4.00. The normalized spacial score (nSPS) is 10.5. The molecule has 2 rings (SSSR count). The monoisotopic (exact) mass is 323 g/mol. The molecular formula is C13H14BrN3O2. The summed E-state index contributed by atoms with van der Waals surface area (Å²) < 4.78 is 5.82. The van der Waals surface area contributed by atoms with Gasteiger partial charge in [0.25, 0.3) is 0 Å². The lowest BCUT2D eigenvalue weighted by molar-refractivity contribution is 0.0527. The number of carbonyl (C=O) groups excluding carboxylic acids is 1. The molecule has 6 heteroatoms. The largest absolute Gasteiger partial charge is 0.462 e. The van der Waals surface area contributed by atoms with Crippen LogP contribution in [-0.4, -0.2) is 17.6 Å². The molecular weight excluding hydrogens is 310 g/mol. The van der Waals surface area contributed by atoms with Gasteiger partial charge in [-0.3, -0.25) is 10.8 Å². The number of pyridine rings is 1. The lowest BCUT2D eigenvalue weighted by Crippen LogP contribution is -2.15. The fraction of sp³-hybridized carbons (Fsp3) is 0.231. The van der Waals surface area contributed by atoms with E-state index in [2.05, 4.69) is 26.3 Å². The Labute approximate surface area is 119 Å². The fourth-order valence-corrected chi connectivity index (χ4v) is 2.43. The van der Waals surface area contributed by atoms with Gasteiger partial charge in [-0.25, -0.2) is 4.79 Å². The van der Waals surface area contributed by atoms with Gasteiger partial charge in [-0.2, -0.15) is 0 Å². The van der Waals surface area contributed by atoms with E-state index in [4.69, 9.17) is 10.6 Å². The maximum absolute atomic E-state index is 11.9. The molecule has 100 valence electrons. The van der Waals surface area contributed by atoms with Crippen molar-refractivity contribution in [3.8, 4) is 0 Å². The van der Waals surface area contributed by atoms with Gasteiger partial charge >= 0.3 is 5.97 Å². The Bertz CT molecular complexity index is 643. The van der Waals surface area contributed by atoms with Crippen molar-refractivity contribution in [1.29, 1.82) is 0 Å². The van der Waals surface area contributed by atoms with Gasteiger partial charge in [-0.1, -0.05) is 22.0 Å². The number of nitrogens with two attached hydrogens (primary N) is 1. The molecule has 0 unspecified atom stereocenters. The second-order valence-electron chi connectivity index (χ2n) is 4.00. The maximum Gasteiger partial charge on any atom is 0.341 e. The first-order valence-corrected chi connectivity index (χ1v) is 6.61. The standard InChI is InChI=1S/C13H14BrN3O2/c1-3-19-13(18)8-6-16-11-7(2)4-5-9(14)10(11)12(8)17-15/h4-6H,3,15H2,1-2H3,(H,16,17). The smallest absolute Gasteiger partial charge is 0.341 e. The van der Waals surface area contributed by atoms with Crippen LogP contribution in [0.15, 0.2) is 22.8 Å². The summed E-state index contributed by atoms with van der Waals surface area (Å²) in [5, 5.41) is 0.771. The number of esters is 1. The Hall–Kier alpha value is -1.66. The number of aryl methyl sites for hydroxylation is 1. The molecule has 0 spiro atoms. The van der Waals surface area contributed by atoms with Crippen LogP contribution in [0.4, 0.5) is 5.69 Å². The number of benzene rings is 1. The minimum Gasteiger partial charge on any atom is -0.462 e. The summed E-state index contributed by atoms with van der Waals surface area (Å²) >= 11 is 3.46. The second kappa shape index (κ2) is 5.54. The topological polar surface area (TPSA) is 77.2 Å². The SMILES string of the molecule is CCOC(=O)c1cnc2c(C)ccc(Br)c2c1NN. The van der Waals surface area contributed by atoms with Crippen molar-refractivity contribution in [2.45, 2.75) is 13.8 Å². The molecule has 0 aliphatic rings. The van der Waals surface area contributed by atoms with Gasteiger partial charge < -0.3 is 10.2 Å². The van der Waals surface area contributed by atoms with Gasteiger partial charge in [0.1, 0.15) is 5.56 Å². The molecule has 0 aliphatic carbocycles. The molecule has 1 aromatic carbocycles. The maximum atomic E-state index is 11.9. The van der Waals surface area contributed by atoms with Crippen molar-refractivity contribution in [2.75, 3.05) is 12.0 Å². The van der Waals surface area contributed by atoms with Crippen molar-refractivity contribution in [1.82, 2.24) is 4.98 Å². The molecule has 0 radical (unpaired) electrons. The molecule has 5 nitrogen and oxygen atoms in total. The highest BCUT2D eigenvalue weighted by atomic mass is 79.9. The van der Waals surface area contributed by atoms with Crippen molar-refractivity contribution >= 4 is 38.5 Å². The first-order chi connectivity index (χ1) is 9.10. The molecule has 3 N–H and O–H groups in total. The Morgan fingerprint density at radius 1 is 1.53 bits per heavy atom. The number of anilines is 1. The number of halogens is 1. The summed E-state index contributed by atoms with van der Waals surface area (Å²) in [4.78, 5) is 16.2. The zero-order valence-electron chi connectivity index (χ0n) is 10.7. The zero-order chi connectivity index (χ0) is 14.0. The van der Waals surface area contributed by atoms with Crippen LogP contribution in [0, 0.1) is 6.92 Å². The molecule has 0 atom stereocenters. The average Bonchev–Trinajstić information content (AvgIpc) is 2.41. The van der Waals surface area contributed by atoms with Crippen molar-refractivity contribution in [3.05, 3.63) is 33.9 Å². The molecule has 1 aromatic heterocycles. The third kappa shape index (κ3) is 2.41. The predicted molar refractivity (Wildman–Crippen MR) is 77.9 cm³/mol. The van der Waals surface area contributed by atoms with E-state index in [0.29, 0.717) is 17.9 Å². The van der Waals surface area contributed by atoms with Crippen LogP contribution in [0.25, 0.3) is 10.9 Å². The number of ether oxygens (including phenoxy) is 1. The number of nitrogens with zero attached hydrogens (tertiary/aromatic N) is 1. The number of carbonyl (C=O) groups is 1. The van der Waals surface area contributed by atoms with Crippen molar-refractivity contribution in [3.63, 3.8) is 0 Å². The number of nitrogen functional groups attached to an aromatic ring is 1. The molecule has 0 amide bonds. The first kappa shape index (κ1) is 13.8. The van der Waals surface area contributed by atoms with Crippen molar-refractivity contribution in [2.24, 2.45) is 5.84 Å². The van der Waals surface area contributed by atoms with Crippen LogP contribution in [0.2, 0.25) is 0 Å². The highest BCUT2D eigenvalue weighted by molar-refractivity contribution is 9.10. The number of hydrogen-bond acceptors (Lipinski definition) is 5. The van der Waals surface area contributed by atoms with Gasteiger partial charge in [0.15, 0.2) is 0 Å². The highest BCUT2D eigenvalue weighted by Crippen LogP contribution is 2.33. The number of rotatable bonds is 3. The van der Waals surface area contributed by atoms with Crippen LogP contribution < -0.4 is 11.3 Å². The molecule has 1 heterocycles. The summed E-state index contributed by atoms with van der Waals surface area (Å²) in [6, 6.07) is 3.85. The van der Waals surface area contributed by atoms with Gasteiger partial charge in [-0.05, 0) is 25.5 Å². The van der Waals surface area contributed by atoms with E-state index in [1.54, 1.807) is 6.92 Å². The molecule has 0 saturated heterocycles. The summed E-state index contributed by atoms with van der Waals surface area (Å²) in [7, 11) is 0. The van der Waals surface area contributed by atoms with Gasteiger partial charge in [0.05, 0.1) is 17.8 Å². The predicted octanol–water partition coefficient (Wildman–Crippen LogP) is 2.77. The molecule has 19 heavy (non-hydrogen) atoms. The molecule has 0 bridgehead atoms. The van der Waals surface area contributed by atoms with Crippen LogP contribution in [-0.2, 0) is 4.74 Å². The number of nitrogens with one attached hydrogen (secondary N) is 1. The van der Waals surface area contributed by atoms with E-state index >= 15 is 0 Å². The van der Waals surface area contributed by atoms with Crippen LogP contribution in [0.1, 0.15) is 22.8 Å². The Morgan fingerprint density at radius 2 is 2.26 bits per heavy atom. The Morgan fingerprint density at radius 3 is 2.89 bits per heavy atom. The quantitative estimate of drug-likeness (QED) is 0.516. The van der Waals surface area contributed by atoms with E-state index in [1.165, 1.54) is 6.20 Å². The van der Waals surface area contributed by atoms with Crippen molar-refractivity contribution < 1.29 is 9.53 Å². The number of aromatic nitrogens is 1. The zero-order valence-corrected chi connectivity index (χ0v) is 12.2. The summed E-state index contributed by atoms with van der Waals surface area (Å²) in [6.07, 6.45) is 1.48. The van der Waals surface area contributed by atoms with Crippen LogP contribution in [0.5, 0.6) is 0 Å². The third-order valence-electron chi connectivity index (χ3n) is 2.81. The molecule has 0 saturated carbocycles. The van der Waals surface area contributed by atoms with Gasteiger partial charge in [0.2, 0.25) is 0 Å². The van der Waals surface area contributed by atoms with Crippen LogP contribution >= 0.6 is 15.9 Å². The molecule has 2 aromatic rings. The minimum absolute atomic E-state index is 0.301. The Balaban J connectivity index is 2.76. The number of fused-ring (bicyclic) bond motifs is 1. The third-order valence-corrected chi connectivity index (χ3v) is 3.47. The number of hydrogen-bond donors (Lipinski definition) is 2. The van der Waals surface area contributed by atoms with Gasteiger partial charge in [-0.15, -0.1) is 0 Å². The van der Waals surface area contributed by atoms with E-state index in [-0.39, 0.29) is 0 Å². The minimum atomic E-state index is -0.446. The lowest BCUT2D eigenvalue weighted by atomic mass is 10.1. The molecule has 0 fully saturated rings. The summed E-state index contributed by atoms with van der Waals surface area (Å²) in [5.74, 6) is 5.12. The Kier molecular flexibility index (Phi) is 4.01. The van der Waals surface area contributed by atoms with Crippen LogP contribution in [0.3, 0.4) is 0 Å². The van der Waals surface area contributed by atoms with E-state index in [1.807, 2.05) is 19.1 Å². The van der Waals surface area contributed by atoms with E-state index < -0.39 is 5.97 Å². The van der Waals surface area contributed by atoms with Gasteiger partial charge in [0, 0.05) is 16.1 Å².